The maximum Gasteiger partial charge on any atom is 0.290 e. The minimum absolute atomic E-state index is 0.216. The van der Waals surface area contributed by atoms with Gasteiger partial charge in [0.1, 0.15) is 11.2 Å². The highest BCUT2D eigenvalue weighted by molar-refractivity contribution is 5.91. The Kier molecular flexibility index (Phi) is 2.71. The van der Waals surface area contributed by atoms with Crippen LogP contribution in [0.3, 0.4) is 0 Å². The van der Waals surface area contributed by atoms with Gasteiger partial charge in [-0.2, -0.15) is 10.2 Å². The van der Waals surface area contributed by atoms with E-state index in [2.05, 4.69) is 15.3 Å². The van der Waals surface area contributed by atoms with Crippen LogP contribution in [-0.4, -0.2) is 20.0 Å². The van der Waals surface area contributed by atoms with Gasteiger partial charge in [-0.15, -0.1) is 0 Å². The Morgan fingerprint density at radius 1 is 1.15 bits per heavy atom. The molecule has 3 aromatic rings. The van der Waals surface area contributed by atoms with Crippen molar-refractivity contribution in [2.45, 2.75) is 26.3 Å². The van der Waals surface area contributed by atoms with Crippen molar-refractivity contribution in [3.63, 3.8) is 0 Å². The van der Waals surface area contributed by atoms with E-state index in [1.165, 1.54) is 0 Å². The molecular formula is C15H16N4O. The Labute approximate surface area is 116 Å². The highest BCUT2D eigenvalue weighted by Crippen LogP contribution is 2.26. The topological polar surface area (TPSA) is 63.6 Å². The Morgan fingerprint density at radius 3 is 2.50 bits per heavy atom. The summed E-state index contributed by atoms with van der Waals surface area (Å²) in [5.74, 6) is 0. The number of nitrogens with one attached hydrogen (secondary N) is 1. The number of nitrogens with zero attached hydrogens (tertiary/aromatic N) is 3. The second-order valence-electron chi connectivity index (χ2n) is 5.76. The minimum Gasteiger partial charge on any atom is -0.266 e. The number of benzene rings is 1. The van der Waals surface area contributed by atoms with E-state index in [1.54, 1.807) is 10.9 Å². The number of hydrogen-bond donors (Lipinski definition) is 1. The zero-order valence-electron chi connectivity index (χ0n) is 11.7. The molecule has 102 valence electrons. The van der Waals surface area contributed by atoms with Crippen molar-refractivity contribution in [3.05, 3.63) is 46.9 Å². The van der Waals surface area contributed by atoms with Crippen LogP contribution in [0.5, 0.6) is 0 Å². The third kappa shape index (κ3) is 1.91. The predicted octanol–water partition coefficient (Wildman–Crippen LogP) is 2.54. The van der Waals surface area contributed by atoms with Crippen molar-refractivity contribution in [2.24, 2.45) is 0 Å². The van der Waals surface area contributed by atoms with E-state index in [0.717, 1.165) is 16.6 Å². The van der Waals surface area contributed by atoms with Gasteiger partial charge >= 0.3 is 0 Å². The molecule has 0 saturated carbocycles. The van der Waals surface area contributed by atoms with E-state index in [4.69, 9.17) is 0 Å². The van der Waals surface area contributed by atoms with Gasteiger partial charge in [-0.05, 0) is 20.8 Å². The second-order valence-corrected chi connectivity index (χ2v) is 5.76. The number of aromatic nitrogens is 4. The number of aromatic amines is 1. The van der Waals surface area contributed by atoms with Crippen LogP contribution in [-0.2, 0) is 5.54 Å². The Balaban J connectivity index is 2.36. The molecule has 0 aliphatic carbocycles. The number of fused-ring (bicyclic) bond motifs is 1. The Bertz CT molecular complexity index is 809. The molecule has 2 aromatic heterocycles. The van der Waals surface area contributed by atoms with Gasteiger partial charge < -0.3 is 0 Å². The summed E-state index contributed by atoms with van der Waals surface area (Å²) >= 11 is 0. The van der Waals surface area contributed by atoms with E-state index in [9.17, 15) is 4.79 Å². The zero-order valence-corrected chi connectivity index (χ0v) is 11.7. The third-order valence-electron chi connectivity index (χ3n) is 3.19. The number of rotatable bonds is 1. The Morgan fingerprint density at radius 2 is 1.85 bits per heavy atom. The quantitative estimate of drug-likeness (QED) is 0.737. The maximum atomic E-state index is 12.1. The molecule has 0 atom stereocenters. The van der Waals surface area contributed by atoms with Gasteiger partial charge in [0, 0.05) is 5.56 Å². The Hall–Kier alpha value is -2.43. The fraction of sp³-hybridized carbons (Fsp3) is 0.267. The summed E-state index contributed by atoms with van der Waals surface area (Å²) < 4.78 is 1.75. The van der Waals surface area contributed by atoms with E-state index >= 15 is 0 Å². The van der Waals surface area contributed by atoms with Gasteiger partial charge in [0.2, 0.25) is 0 Å². The molecule has 0 aliphatic heterocycles. The summed E-state index contributed by atoms with van der Waals surface area (Å²) in [6.45, 7) is 6.05. The van der Waals surface area contributed by atoms with Crippen molar-refractivity contribution in [3.8, 4) is 11.3 Å². The maximum absolute atomic E-state index is 12.1. The van der Waals surface area contributed by atoms with Crippen LogP contribution in [0.15, 0.2) is 41.3 Å². The summed E-state index contributed by atoms with van der Waals surface area (Å²) in [5, 5.41) is 11.9. The first-order valence-corrected chi connectivity index (χ1v) is 6.51. The molecule has 5 nitrogen and oxygen atoms in total. The van der Waals surface area contributed by atoms with Crippen LogP contribution >= 0.6 is 0 Å². The van der Waals surface area contributed by atoms with Crippen molar-refractivity contribution in [1.29, 1.82) is 0 Å². The highest BCUT2D eigenvalue weighted by atomic mass is 16.1. The largest absolute Gasteiger partial charge is 0.290 e. The SMILES string of the molecule is CC(C)(C)n1ncc2c(-c3ccccc3)n[nH]c(=O)c21. The molecule has 2 heterocycles. The van der Waals surface area contributed by atoms with Gasteiger partial charge in [0.25, 0.3) is 5.56 Å². The fourth-order valence-electron chi connectivity index (χ4n) is 2.28. The lowest BCUT2D eigenvalue weighted by Crippen LogP contribution is -2.26. The molecule has 0 amide bonds. The highest BCUT2D eigenvalue weighted by Gasteiger charge is 2.21. The fourth-order valence-corrected chi connectivity index (χ4v) is 2.28. The lowest BCUT2D eigenvalue weighted by molar-refractivity contribution is 0.367. The van der Waals surface area contributed by atoms with Crippen LogP contribution in [0.1, 0.15) is 20.8 Å². The minimum atomic E-state index is -0.260. The average molecular weight is 268 g/mol. The van der Waals surface area contributed by atoms with Crippen molar-refractivity contribution < 1.29 is 0 Å². The molecule has 20 heavy (non-hydrogen) atoms. The normalized spacial score (nSPS) is 11.9. The summed E-state index contributed by atoms with van der Waals surface area (Å²) in [4.78, 5) is 12.1. The number of hydrogen-bond acceptors (Lipinski definition) is 3. The molecule has 0 spiro atoms. The van der Waals surface area contributed by atoms with Gasteiger partial charge in [-0.1, -0.05) is 30.3 Å². The zero-order chi connectivity index (χ0) is 14.3. The molecule has 0 aliphatic rings. The van der Waals surface area contributed by atoms with E-state index in [-0.39, 0.29) is 11.1 Å². The molecule has 0 bridgehead atoms. The molecule has 0 fully saturated rings. The smallest absolute Gasteiger partial charge is 0.266 e. The van der Waals surface area contributed by atoms with Gasteiger partial charge in [0.05, 0.1) is 17.1 Å². The van der Waals surface area contributed by atoms with Gasteiger partial charge in [0.15, 0.2) is 0 Å². The van der Waals surface area contributed by atoms with Crippen LogP contribution in [0.2, 0.25) is 0 Å². The van der Waals surface area contributed by atoms with E-state index in [0.29, 0.717) is 5.52 Å². The summed E-state index contributed by atoms with van der Waals surface area (Å²) in [7, 11) is 0. The molecular weight excluding hydrogens is 252 g/mol. The molecule has 0 unspecified atom stereocenters. The lowest BCUT2D eigenvalue weighted by Gasteiger charge is -2.19. The van der Waals surface area contributed by atoms with E-state index < -0.39 is 0 Å². The molecule has 1 N–H and O–H groups in total. The second kappa shape index (κ2) is 4.30. The van der Waals surface area contributed by atoms with E-state index in [1.807, 2.05) is 51.1 Å². The van der Waals surface area contributed by atoms with Crippen LogP contribution in [0.25, 0.3) is 22.2 Å². The monoisotopic (exact) mass is 268 g/mol. The van der Waals surface area contributed by atoms with Crippen LogP contribution < -0.4 is 5.56 Å². The lowest BCUT2D eigenvalue weighted by atomic mass is 10.1. The van der Waals surface area contributed by atoms with Gasteiger partial charge in [-0.25, -0.2) is 5.10 Å². The first-order valence-electron chi connectivity index (χ1n) is 6.51. The van der Waals surface area contributed by atoms with Crippen LogP contribution in [0, 0.1) is 0 Å². The number of H-pyrrole nitrogens is 1. The average Bonchev–Trinajstić information content (AvgIpc) is 2.86. The molecule has 0 radical (unpaired) electrons. The molecule has 3 rings (SSSR count). The first kappa shape index (κ1) is 12.6. The van der Waals surface area contributed by atoms with Crippen molar-refractivity contribution in [2.75, 3.05) is 0 Å². The van der Waals surface area contributed by atoms with Crippen molar-refractivity contribution in [1.82, 2.24) is 20.0 Å². The van der Waals surface area contributed by atoms with Crippen molar-refractivity contribution >= 4 is 10.9 Å². The standard InChI is InChI=1S/C15H16N4O/c1-15(2,3)19-13-11(9-16-19)12(17-18-14(13)20)10-7-5-4-6-8-10/h4-9H,1-3H3,(H,18,20). The molecule has 1 aromatic carbocycles. The summed E-state index contributed by atoms with van der Waals surface area (Å²) in [5.41, 5.74) is 1.79. The predicted molar refractivity (Wildman–Crippen MR) is 78.6 cm³/mol. The molecule has 0 saturated heterocycles. The molecule has 5 heteroatoms. The summed E-state index contributed by atoms with van der Waals surface area (Å²) in [6, 6.07) is 9.78. The van der Waals surface area contributed by atoms with Crippen LogP contribution in [0.4, 0.5) is 0 Å². The summed E-state index contributed by atoms with van der Waals surface area (Å²) in [6.07, 6.45) is 1.71. The third-order valence-corrected chi connectivity index (χ3v) is 3.19. The first-order chi connectivity index (χ1) is 9.48. The van der Waals surface area contributed by atoms with Gasteiger partial charge in [-0.3, -0.25) is 9.48 Å².